The number of carbonyl (C=O) groups is 2. The summed E-state index contributed by atoms with van der Waals surface area (Å²) in [5.41, 5.74) is 2.11. The summed E-state index contributed by atoms with van der Waals surface area (Å²) in [6.45, 7) is 1.43. The van der Waals surface area contributed by atoms with Crippen LogP contribution in [-0.2, 0) is 11.0 Å². The number of aromatic nitrogens is 3. The summed E-state index contributed by atoms with van der Waals surface area (Å²) in [5, 5.41) is 9.35. The number of benzene rings is 1. The molecule has 0 radical (unpaired) electrons. The summed E-state index contributed by atoms with van der Waals surface area (Å²) < 4.78 is 40.2. The van der Waals surface area contributed by atoms with Gasteiger partial charge in [-0.15, -0.1) is 0 Å². The number of imidazole rings is 1. The molecule has 3 amide bonds. The monoisotopic (exact) mass is 444 g/mol. The van der Waals surface area contributed by atoms with Crippen molar-refractivity contribution in [2.75, 3.05) is 24.5 Å². The molecule has 1 aromatic carbocycles. The van der Waals surface area contributed by atoms with Crippen molar-refractivity contribution < 1.29 is 22.8 Å². The van der Waals surface area contributed by atoms with Crippen molar-refractivity contribution in [1.82, 2.24) is 25.2 Å². The number of alkyl halides is 3. The Labute approximate surface area is 180 Å². The zero-order chi connectivity index (χ0) is 22.5. The molecule has 2 unspecified atom stereocenters. The Morgan fingerprint density at radius 1 is 1.12 bits per heavy atom. The number of urea groups is 1. The summed E-state index contributed by atoms with van der Waals surface area (Å²) in [6, 6.07) is 6.58. The summed E-state index contributed by atoms with van der Waals surface area (Å²) in [7, 11) is 0. The lowest BCUT2D eigenvalue weighted by Gasteiger charge is -2.24. The second-order valence-electron chi connectivity index (χ2n) is 7.95. The zero-order valence-electron chi connectivity index (χ0n) is 16.8. The predicted octanol–water partition coefficient (Wildman–Crippen LogP) is 2.67. The van der Waals surface area contributed by atoms with Crippen molar-refractivity contribution in [3.05, 3.63) is 59.5 Å². The van der Waals surface area contributed by atoms with Crippen LogP contribution in [0.25, 0.3) is 5.65 Å². The summed E-state index contributed by atoms with van der Waals surface area (Å²) in [5.74, 6) is -0.983. The van der Waals surface area contributed by atoms with Gasteiger partial charge < -0.3 is 10.2 Å². The second kappa shape index (κ2) is 7.50. The van der Waals surface area contributed by atoms with Crippen molar-refractivity contribution in [1.29, 1.82) is 0 Å². The number of rotatable bonds is 3. The maximum atomic E-state index is 12.9. The minimum atomic E-state index is -4.36. The molecule has 4 heterocycles. The molecule has 2 N–H and O–H groups in total. The molecule has 2 saturated heterocycles. The van der Waals surface area contributed by atoms with E-state index < -0.39 is 29.6 Å². The maximum absolute atomic E-state index is 12.9. The number of hydrogen-bond acceptors (Lipinski definition) is 5. The molecule has 32 heavy (non-hydrogen) atoms. The van der Waals surface area contributed by atoms with Crippen LogP contribution >= 0.6 is 0 Å². The number of anilines is 1. The van der Waals surface area contributed by atoms with Gasteiger partial charge in [-0.25, -0.2) is 14.3 Å². The molecule has 2 fully saturated rings. The summed E-state index contributed by atoms with van der Waals surface area (Å²) in [6.07, 6.45) is -0.284. The van der Waals surface area contributed by atoms with Crippen LogP contribution in [0.15, 0.2) is 42.7 Å². The lowest BCUT2D eigenvalue weighted by molar-refractivity contribution is -0.137. The third kappa shape index (κ3) is 3.63. The molecular formula is C21H19F3N6O2. The van der Waals surface area contributed by atoms with E-state index in [1.807, 2.05) is 0 Å². The van der Waals surface area contributed by atoms with Gasteiger partial charge in [0.1, 0.15) is 0 Å². The van der Waals surface area contributed by atoms with Crippen molar-refractivity contribution in [3.63, 3.8) is 0 Å². The number of imide groups is 1. The highest BCUT2D eigenvalue weighted by molar-refractivity contribution is 6.00. The molecule has 2 atom stereocenters. The number of nitrogens with zero attached hydrogens (tertiary/aromatic N) is 4. The maximum Gasteiger partial charge on any atom is 0.416 e. The number of halogens is 3. The van der Waals surface area contributed by atoms with Gasteiger partial charge in [0.25, 0.3) is 0 Å². The summed E-state index contributed by atoms with van der Waals surface area (Å²) >= 11 is 0. The van der Waals surface area contributed by atoms with E-state index in [2.05, 4.69) is 25.6 Å². The first-order valence-corrected chi connectivity index (χ1v) is 10.1. The first kappa shape index (κ1) is 20.3. The number of carbonyl (C=O) groups excluding carboxylic acids is 2. The Balaban J connectivity index is 1.42. The van der Waals surface area contributed by atoms with E-state index in [1.54, 1.807) is 23.0 Å². The lowest BCUT2D eigenvalue weighted by atomic mass is 9.97. The zero-order valence-corrected chi connectivity index (χ0v) is 16.8. The Morgan fingerprint density at radius 2 is 1.91 bits per heavy atom. The smallest absolute Gasteiger partial charge is 0.368 e. The average Bonchev–Trinajstić information content (AvgIpc) is 3.42. The fraction of sp³-hybridized carbons (Fsp3) is 0.333. The third-order valence-electron chi connectivity index (χ3n) is 5.97. The average molecular weight is 444 g/mol. The second-order valence-corrected chi connectivity index (χ2v) is 7.95. The first-order valence-electron chi connectivity index (χ1n) is 10.1. The van der Waals surface area contributed by atoms with Gasteiger partial charge in [-0.3, -0.25) is 10.1 Å². The topological polar surface area (TPSA) is 91.6 Å². The van der Waals surface area contributed by atoms with Crippen LogP contribution < -0.4 is 15.5 Å². The molecule has 0 spiro atoms. The van der Waals surface area contributed by atoms with E-state index in [-0.39, 0.29) is 12.5 Å². The molecule has 166 valence electrons. The molecule has 2 aromatic heterocycles. The highest BCUT2D eigenvalue weighted by Gasteiger charge is 2.33. The van der Waals surface area contributed by atoms with Gasteiger partial charge in [0.2, 0.25) is 5.91 Å². The number of fused-ring (bicyclic) bond motifs is 1. The Kier molecular flexibility index (Phi) is 4.75. The van der Waals surface area contributed by atoms with Gasteiger partial charge in [0, 0.05) is 37.9 Å². The highest BCUT2D eigenvalue weighted by Crippen LogP contribution is 2.35. The molecule has 11 heteroatoms. The normalized spacial score (nSPS) is 21.7. The van der Waals surface area contributed by atoms with Gasteiger partial charge in [-0.05, 0) is 30.2 Å². The predicted molar refractivity (Wildman–Crippen MR) is 108 cm³/mol. The van der Waals surface area contributed by atoms with Gasteiger partial charge in [-0.1, -0.05) is 12.1 Å². The Bertz CT molecular complexity index is 1190. The molecule has 3 aromatic rings. The van der Waals surface area contributed by atoms with E-state index in [1.165, 1.54) is 12.1 Å². The molecular weight excluding hydrogens is 425 g/mol. The quantitative estimate of drug-likeness (QED) is 0.648. The van der Waals surface area contributed by atoms with E-state index in [0.717, 1.165) is 29.8 Å². The van der Waals surface area contributed by atoms with E-state index in [9.17, 15) is 22.8 Å². The molecule has 2 aliphatic heterocycles. The van der Waals surface area contributed by atoms with Crippen LogP contribution in [-0.4, -0.2) is 46.2 Å². The van der Waals surface area contributed by atoms with Crippen molar-refractivity contribution in [3.8, 4) is 0 Å². The fourth-order valence-electron chi connectivity index (χ4n) is 4.29. The largest absolute Gasteiger partial charge is 0.416 e. The Hall–Kier alpha value is -3.63. The lowest BCUT2D eigenvalue weighted by Crippen LogP contribution is -2.51. The SMILES string of the molecule is O=C1NCC(c2cc(N3CCC(c4ccc(C(F)(F)F)cc4)C3)c3nccn3n2)C(=O)N1. The van der Waals surface area contributed by atoms with Crippen LogP contribution in [0.2, 0.25) is 0 Å². The molecule has 8 nitrogen and oxygen atoms in total. The Morgan fingerprint density at radius 3 is 2.62 bits per heavy atom. The minimum absolute atomic E-state index is 0.0705. The molecule has 0 saturated carbocycles. The minimum Gasteiger partial charge on any atom is -0.368 e. The fourth-order valence-corrected chi connectivity index (χ4v) is 4.29. The van der Waals surface area contributed by atoms with Crippen LogP contribution in [0.4, 0.5) is 23.7 Å². The highest BCUT2D eigenvalue weighted by atomic mass is 19.4. The number of hydrogen-bond donors (Lipinski definition) is 2. The first-order chi connectivity index (χ1) is 15.3. The summed E-state index contributed by atoms with van der Waals surface area (Å²) in [4.78, 5) is 30.2. The van der Waals surface area contributed by atoms with E-state index >= 15 is 0 Å². The van der Waals surface area contributed by atoms with Gasteiger partial charge in [-0.2, -0.15) is 18.3 Å². The van der Waals surface area contributed by atoms with Crippen molar-refractivity contribution >= 4 is 23.3 Å². The standard InChI is InChI=1S/C21H19F3N6O2/c22-21(23,24)14-3-1-12(2-4-14)13-5-7-29(11-13)17-9-16(28-30-8-6-25-18(17)30)15-10-26-20(32)27-19(15)31/h1-4,6,8-9,13,15H,5,7,10-11H2,(H2,26,27,31,32). The van der Waals surface area contributed by atoms with E-state index in [4.69, 9.17) is 0 Å². The van der Waals surface area contributed by atoms with Crippen LogP contribution in [0.5, 0.6) is 0 Å². The van der Waals surface area contributed by atoms with Crippen LogP contribution in [0.3, 0.4) is 0 Å². The van der Waals surface area contributed by atoms with Crippen LogP contribution in [0.1, 0.15) is 35.1 Å². The van der Waals surface area contributed by atoms with Crippen LogP contribution in [0, 0.1) is 0 Å². The molecule has 5 rings (SSSR count). The van der Waals surface area contributed by atoms with E-state index in [0.29, 0.717) is 24.4 Å². The van der Waals surface area contributed by atoms with Gasteiger partial charge in [0.15, 0.2) is 5.65 Å². The third-order valence-corrected chi connectivity index (χ3v) is 5.97. The number of nitrogens with one attached hydrogen (secondary N) is 2. The van der Waals surface area contributed by atoms with Gasteiger partial charge >= 0.3 is 12.2 Å². The molecule has 0 aliphatic carbocycles. The van der Waals surface area contributed by atoms with Crippen molar-refractivity contribution in [2.45, 2.75) is 24.4 Å². The molecule has 2 aliphatic rings. The van der Waals surface area contributed by atoms with Gasteiger partial charge in [0.05, 0.1) is 22.9 Å². The number of amides is 3. The van der Waals surface area contributed by atoms with Crippen molar-refractivity contribution in [2.24, 2.45) is 0 Å². The molecule has 0 bridgehead atoms.